The summed E-state index contributed by atoms with van der Waals surface area (Å²) in [6.07, 6.45) is 9.32. The number of hydrogen-bond acceptors (Lipinski definition) is 4. The van der Waals surface area contributed by atoms with Gasteiger partial charge in [0.2, 0.25) is 10.0 Å². The van der Waals surface area contributed by atoms with E-state index in [-0.39, 0.29) is 34.9 Å². The summed E-state index contributed by atoms with van der Waals surface area (Å²) in [5, 5.41) is 21.8. The van der Waals surface area contributed by atoms with Crippen molar-refractivity contribution in [2.45, 2.75) is 84.1 Å². The van der Waals surface area contributed by atoms with Gasteiger partial charge < -0.3 is 10.2 Å². The quantitative estimate of drug-likeness (QED) is 0.222. The van der Waals surface area contributed by atoms with Crippen LogP contribution in [0.5, 0.6) is 11.5 Å². The van der Waals surface area contributed by atoms with Crippen molar-refractivity contribution in [3.8, 4) is 11.5 Å². The van der Waals surface area contributed by atoms with Crippen LogP contribution in [0.4, 0.5) is 0 Å². The Kier molecular flexibility index (Phi) is 10.9. The van der Waals surface area contributed by atoms with Gasteiger partial charge in [0.15, 0.2) is 0 Å². The summed E-state index contributed by atoms with van der Waals surface area (Å²) in [7, 11) is -4.00. The standard InChI is InChI=1S/C28H39NO4S/c1-5-6-8-16-24-19-26(30)25(18-17-22(4)13-11-12-21(2)3)27(31)28(24)34(32,33)29-20-23-14-9-7-10-15-23/h7,9-10,12,14-15,17,19,29-31H,5-6,8,11,13,16,18,20H2,1-4H3. The van der Waals surface area contributed by atoms with Gasteiger partial charge in [0.25, 0.3) is 0 Å². The van der Waals surface area contributed by atoms with Gasteiger partial charge in [-0.2, -0.15) is 0 Å². The first-order valence-electron chi connectivity index (χ1n) is 12.0. The molecule has 186 valence electrons. The van der Waals surface area contributed by atoms with Crippen LogP contribution < -0.4 is 4.72 Å². The molecule has 34 heavy (non-hydrogen) atoms. The number of hydrogen-bond donors (Lipinski definition) is 3. The van der Waals surface area contributed by atoms with Crippen LogP contribution in [0.25, 0.3) is 0 Å². The predicted molar refractivity (Wildman–Crippen MR) is 140 cm³/mol. The van der Waals surface area contributed by atoms with E-state index in [2.05, 4.69) is 31.6 Å². The van der Waals surface area contributed by atoms with Crippen LogP contribution in [-0.4, -0.2) is 18.6 Å². The Hall–Kier alpha value is -2.57. The van der Waals surface area contributed by atoms with E-state index in [1.165, 1.54) is 11.6 Å². The van der Waals surface area contributed by atoms with E-state index in [1.807, 2.05) is 43.3 Å². The van der Waals surface area contributed by atoms with Gasteiger partial charge in [-0.05, 0) is 70.1 Å². The maximum atomic E-state index is 13.3. The Balaban J connectivity index is 2.37. The Bertz CT molecular complexity index is 1100. The first-order chi connectivity index (χ1) is 16.2. The molecule has 0 saturated heterocycles. The lowest BCUT2D eigenvalue weighted by atomic mass is 10.00. The second kappa shape index (κ2) is 13.4. The average Bonchev–Trinajstić information content (AvgIpc) is 2.78. The largest absolute Gasteiger partial charge is 0.508 e. The number of phenolic OH excluding ortho intramolecular Hbond substituents is 2. The van der Waals surface area contributed by atoms with Gasteiger partial charge in [0.1, 0.15) is 16.4 Å². The summed E-state index contributed by atoms with van der Waals surface area (Å²) in [5.74, 6) is -0.431. The van der Waals surface area contributed by atoms with Gasteiger partial charge in [0.05, 0.1) is 0 Å². The van der Waals surface area contributed by atoms with Crippen LogP contribution in [0.15, 0.2) is 64.6 Å². The lowest BCUT2D eigenvalue weighted by molar-refractivity contribution is 0.426. The minimum absolute atomic E-state index is 0.0700. The molecule has 0 aliphatic carbocycles. The summed E-state index contributed by atoms with van der Waals surface area (Å²) in [6, 6.07) is 10.8. The van der Waals surface area contributed by atoms with E-state index in [9.17, 15) is 18.6 Å². The average molecular weight is 486 g/mol. The third-order valence-corrected chi connectivity index (χ3v) is 7.30. The molecule has 0 aliphatic heterocycles. The molecular weight excluding hydrogens is 446 g/mol. The van der Waals surface area contributed by atoms with Gasteiger partial charge in [0, 0.05) is 12.1 Å². The van der Waals surface area contributed by atoms with Crippen molar-refractivity contribution in [2.24, 2.45) is 0 Å². The molecule has 0 bridgehead atoms. The van der Waals surface area contributed by atoms with Crippen molar-refractivity contribution >= 4 is 10.0 Å². The molecule has 0 saturated carbocycles. The molecule has 0 fully saturated rings. The van der Waals surface area contributed by atoms with Gasteiger partial charge in [-0.1, -0.05) is 73.4 Å². The molecule has 0 aromatic heterocycles. The summed E-state index contributed by atoms with van der Waals surface area (Å²) < 4.78 is 29.2. The monoisotopic (exact) mass is 485 g/mol. The number of phenols is 2. The van der Waals surface area contributed by atoms with Crippen LogP contribution in [0.1, 0.15) is 76.5 Å². The molecule has 0 unspecified atom stereocenters. The first-order valence-corrected chi connectivity index (χ1v) is 13.5. The van der Waals surface area contributed by atoms with Crippen LogP contribution in [0.3, 0.4) is 0 Å². The van der Waals surface area contributed by atoms with Crippen molar-refractivity contribution in [1.29, 1.82) is 0 Å². The third-order valence-electron chi connectivity index (χ3n) is 5.79. The lowest BCUT2D eigenvalue weighted by Gasteiger charge is -2.17. The maximum absolute atomic E-state index is 13.3. The normalized spacial score (nSPS) is 12.1. The molecule has 2 rings (SSSR count). The third kappa shape index (κ3) is 8.33. The highest BCUT2D eigenvalue weighted by Gasteiger charge is 2.27. The van der Waals surface area contributed by atoms with Crippen LogP contribution in [-0.2, 0) is 29.4 Å². The van der Waals surface area contributed by atoms with E-state index in [4.69, 9.17) is 0 Å². The van der Waals surface area contributed by atoms with Crippen molar-refractivity contribution in [1.82, 2.24) is 4.72 Å². The molecular formula is C28H39NO4S. The van der Waals surface area contributed by atoms with Crippen molar-refractivity contribution in [3.63, 3.8) is 0 Å². The topological polar surface area (TPSA) is 86.6 Å². The summed E-state index contributed by atoms with van der Waals surface area (Å²) in [5.41, 5.74) is 3.89. The van der Waals surface area contributed by atoms with E-state index in [1.54, 1.807) is 0 Å². The number of nitrogens with one attached hydrogen (secondary N) is 1. The van der Waals surface area contributed by atoms with E-state index in [0.29, 0.717) is 12.0 Å². The highest BCUT2D eigenvalue weighted by atomic mass is 32.2. The second-order valence-electron chi connectivity index (χ2n) is 9.05. The fourth-order valence-corrected chi connectivity index (χ4v) is 5.18. The van der Waals surface area contributed by atoms with Crippen LogP contribution in [0.2, 0.25) is 0 Å². The molecule has 2 aromatic carbocycles. The van der Waals surface area contributed by atoms with Crippen molar-refractivity contribution in [2.75, 3.05) is 0 Å². The number of sulfonamides is 1. The Morgan fingerprint density at radius 1 is 1.03 bits per heavy atom. The van der Waals surface area contributed by atoms with Crippen LogP contribution >= 0.6 is 0 Å². The summed E-state index contributed by atoms with van der Waals surface area (Å²) in [6.45, 7) is 8.32. The van der Waals surface area contributed by atoms with E-state index < -0.39 is 10.0 Å². The summed E-state index contributed by atoms with van der Waals surface area (Å²) in [4.78, 5) is -0.122. The number of unbranched alkanes of at least 4 members (excludes halogenated alkanes) is 2. The predicted octanol–water partition coefficient (Wildman–Crippen LogP) is 6.54. The highest BCUT2D eigenvalue weighted by Crippen LogP contribution is 2.38. The maximum Gasteiger partial charge on any atom is 0.244 e. The number of allylic oxidation sites excluding steroid dienone is 4. The number of aromatic hydroxyl groups is 2. The van der Waals surface area contributed by atoms with Gasteiger partial charge in [-0.25, -0.2) is 13.1 Å². The molecule has 0 atom stereocenters. The minimum Gasteiger partial charge on any atom is -0.508 e. The highest BCUT2D eigenvalue weighted by molar-refractivity contribution is 7.89. The SMILES string of the molecule is CCCCCc1cc(O)c(CC=C(C)CCC=C(C)C)c(O)c1S(=O)(=O)NCc1ccccc1. The molecule has 3 N–H and O–H groups in total. The molecule has 2 aromatic rings. The zero-order valence-corrected chi connectivity index (χ0v) is 21.7. The Morgan fingerprint density at radius 2 is 1.74 bits per heavy atom. The van der Waals surface area contributed by atoms with Gasteiger partial charge in [-0.3, -0.25) is 0 Å². The second-order valence-corrected chi connectivity index (χ2v) is 10.8. The number of rotatable bonds is 13. The van der Waals surface area contributed by atoms with Crippen LogP contribution in [0, 0.1) is 0 Å². The van der Waals surface area contributed by atoms with Gasteiger partial charge >= 0.3 is 0 Å². The molecule has 0 heterocycles. The lowest BCUT2D eigenvalue weighted by Crippen LogP contribution is -2.25. The van der Waals surface area contributed by atoms with Crippen molar-refractivity contribution in [3.05, 3.63) is 76.4 Å². The molecule has 5 nitrogen and oxygen atoms in total. The van der Waals surface area contributed by atoms with Gasteiger partial charge in [-0.15, -0.1) is 0 Å². The zero-order chi connectivity index (χ0) is 25.1. The first kappa shape index (κ1) is 27.7. The Labute approximate surface area is 205 Å². The number of aryl methyl sites for hydroxylation is 1. The smallest absolute Gasteiger partial charge is 0.244 e. The summed E-state index contributed by atoms with van der Waals surface area (Å²) >= 11 is 0. The molecule has 0 radical (unpaired) electrons. The molecule has 0 amide bonds. The fourth-order valence-electron chi connectivity index (χ4n) is 3.79. The Morgan fingerprint density at radius 3 is 2.38 bits per heavy atom. The molecule has 0 aliphatic rings. The van der Waals surface area contributed by atoms with E-state index in [0.717, 1.165) is 43.2 Å². The molecule has 6 heteroatoms. The minimum atomic E-state index is -4.00. The van der Waals surface area contributed by atoms with E-state index >= 15 is 0 Å². The molecule has 0 spiro atoms. The zero-order valence-electron chi connectivity index (χ0n) is 20.9. The fraction of sp³-hybridized carbons (Fsp3) is 0.429. The van der Waals surface area contributed by atoms with Crippen molar-refractivity contribution < 1.29 is 18.6 Å². The number of benzene rings is 2.